The van der Waals surface area contributed by atoms with Crippen molar-refractivity contribution in [2.45, 2.75) is 25.5 Å². The summed E-state index contributed by atoms with van der Waals surface area (Å²) in [5.41, 5.74) is 2.66. The van der Waals surface area contributed by atoms with Gasteiger partial charge in [0.1, 0.15) is 34.8 Å². The number of ether oxygens (including phenoxy) is 1. The SMILES string of the molecule is CC1(n2c(=O)c3c(-c4cn(-c5ccc(F)cc5)nn4)ncn3c3ccccc32)CCCO1. The summed E-state index contributed by atoms with van der Waals surface area (Å²) >= 11 is 0. The van der Waals surface area contributed by atoms with Crippen molar-refractivity contribution >= 4 is 16.6 Å². The molecule has 3 aromatic heterocycles. The Hall–Kier alpha value is -3.85. The molecule has 1 fully saturated rings. The van der Waals surface area contributed by atoms with Crippen LogP contribution in [0.25, 0.3) is 33.6 Å². The van der Waals surface area contributed by atoms with Crippen molar-refractivity contribution in [1.29, 1.82) is 0 Å². The highest BCUT2D eigenvalue weighted by Crippen LogP contribution is 2.33. The van der Waals surface area contributed by atoms with Crippen molar-refractivity contribution < 1.29 is 9.13 Å². The minimum absolute atomic E-state index is 0.197. The van der Waals surface area contributed by atoms with Gasteiger partial charge >= 0.3 is 0 Å². The van der Waals surface area contributed by atoms with E-state index >= 15 is 0 Å². The molecule has 1 saturated heterocycles. The van der Waals surface area contributed by atoms with Crippen LogP contribution in [0.4, 0.5) is 4.39 Å². The molecule has 1 aliphatic heterocycles. The monoisotopic (exact) mass is 430 g/mol. The Kier molecular flexibility index (Phi) is 4.03. The highest BCUT2D eigenvalue weighted by atomic mass is 19.1. The smallest absolute Gasteiger partial charge is 0.280 e. The Balaban J connectivity index is 1.60. The highest BCUT2D eigenvalue weighted by Gasteiger charge is 2.35. The van der Waals surface area contributed by atoms with Crippen molar-refractivity contribution in [3.8, 4) is 17.1 Å². The van der Waals surface area contributed by atoms with Crippen LogP contribution in [0.2, 0.25) is 0 Å². The molecule has 6 rings (SSSR count). The molecule has 0 saturated carbocycles. The van der Waals surface area contributed by atoms with Crippen molar-refractivity contribution in [3.63, 3.8) is 0 Å². The number of nitrogens with zero attached hydrogens (tertiary/aromatic N) is 6. The molecule has 9 heteroatoms. The average molecular weight is 430 g/mol. The maximum Gasteiger partial charge on any atom is 0.280 e. The number of fused-ring (bicyclic) bond motifs is 3. The van der Waals surface area contributed by atoms with E-state index in [9.17, 15) is 9.18 Å². The molecule has 8 nitrogen and oxygen atoms in total. The van der Waals surface area contributed by atoms with Gasteiger partial charge in [0, 0.05) is 6.61 Å². The molecule has 0 amide bonds. The Morgan fingerprint density at radius 2 is 1.88 bits per heavy atom. The summed E-state index contributed by atoms with van der Waals surface area (Å²) in [7, 11) is 0. The van der Waals surface area contributed by atoms with Gasteiger partial charge in [-0.15, -0.1) is 5.10 Å². The zero-order valence-corrected chi connectivity index (χ0v) is 17.3. The number of hydrogen-bond donors (Lipinski definition) is 0. The number of rotatable bonds is 3. The lowest BCUT2D eigenvalue weighted by atomic mass is 10.1. The van der Waals surface area contributed by atoms with Gasteiger partial charge in [0.15, 0.2) is 0 Å². The van der Waals surface area contributed by atoms with Crippen LogP contribution in [0.1, 0.15) is 19.8 Å². The maximum absolute atomic E-state index is 13.8. The van der Waals surface area contributed by atoms with Crippen LogP contribution in [0.5, 0.6) is 0 Å². The van der Waals surface area contributed by atoms with E-state index in [0.717, 1.165) is 23.9 Å². The minimum atomic E-state index is -0.730. The quantitative estimate of drug-likeness (QED) is 0.438. The number of imidazole rings is 1. The van der Waals surface area contributed by atoms with Crippen LogP contribution < -0.4 is 5.56 Å². The largest absolute Gasteiger partial charge is 0.355 e. The Morgan fingerprint density at radius 3 is 2.62 bits per heavy atom. The number of para-hydroxylation sites is 2. The van der Waals surface area contributed by atoms with Crippen molar-refractivity contribution in [1.82, 2.24) is 28.9 Å². The fourth-order valence-electron chi connectivity index (χ4n) is 4.50. The molecule has 32 heavy (non-hydrogen) atoms. The van der Waals surface area contributed by atoms with Crippen LogP contribution in [0, 0.1) is 5.82 Å². The predicted molar refractivity (Wildman–Crippen MR) is 116 cm³/mol. The lowest BCUT2D eigenvalue weighted by molar-refractivity contribution is -0.0447. The van der Waals surface area contributed by atoms with Gasteiger partial charge in [0.05, 0.1) is 22.9 Å². The second-order valence-electron chi connectivity index (χ2n) is 8.09. The van der Waals surface area contributed by atoms with E-state index in [1.807, 2.05) is 31.2 Å². The van der Waals surface area contributed by atoms with Crippen molar-refractivity contribution in [2.75, 3.05) is 6.61 Å². The first-order chi connectivity index (χ1) is 15.5. The fourth-order valence-corrected chi connectivity index (χ4v) is 4.50. The van der Waals surface area contributed by atoms with Gasteiger partial charge in [-0.3, -0.25) is 13.8 Å². The molecule has 5 aromatic rings. The summed E-state index contributed by atoms with van der Waals surface area (Å²) in [6.07, 6.45) is 4.95. The summed E-state index contributed by atoms with van der Waals surface area (Å²) in [5.74, 6) is -0.329. The normalized spacial score (nSPS) is 18.7. The lowest BCUT2D eigenvalue weighted by Gasteiger charge is -2.28. The molecule has 1 unspecified atom stereocenters. The summed E-state index contributed by atoms with van der Waals surface area (Å²) in [5, 5.41) is 8.38. The van der Waals surface area contributed by atoms with Gasteiger partial charge in [-0.1, -0.05) is 17.3 Å². The van der Waals surface area contributed by atoms with Crippen LogP contribution in [0.3, 0.4) is 0 Å². The van der Waals surface area contributed by atoms with Crippen LogP contribution in [-0.2, 0) is 10.5 Å². The topological polar surface area (TPSA) is 79.2 Å². The zero-order valence-electron chi connectivity index (χ0n) is 17.3. The van der Waals surface area contributed by atoms with Crippen molar-refractivity contribution in [3.05, 3.63) is 77.2 Å². The van der Waals surface area contributed by atoms with Gasteiger partial charge < -0.3 is 4.74 Å². The number of benzene rings is 2. The molecule has 0 N–H and O–H groups in total. The molecule has 0 radical (unpaired) electrons. The summed E-state index contributed by atoms with van der Waals surface area (Å²) in [6, 6.07) is 13.7. The van der Waals surface area contributed by atoms with E-state index in [1.54, 1.807) is 33.6 Å². The first-order valence-corrected chi connectivity index (χ1v) is 10.4. The average Bonchev–Trinajstić information content (AvgIpc) is 3.54. The van der Waals surface area contributed by atoms with Crippen LogP contribution >= 0.6 is 0 Å². The third kappa shape index (κ3) is 2.71. The maximum atomic E-state index is 13.8. The highest BCUT2D eigenvalue weighted by molar-refractivity contribution is 5.84. The summed E-state index contributed by atoms with van der Waals surface area (Å²) < 4.78 is 24.4. The Bertz CT molecular complexity index is 1530. The van der Waals surface area contributed by atoms with Crippen molar-refractivity contribution in [2.24, 2.45) is 0 Å². The van der Waals surface area contributed by atoms with Crippen LogP contribution in [-0.4, -0.2) is 35.6 Å². The molecule has 4 heterocycles. The van der Waals surface area contributed by atoms with E-state index in [-0.39, 0.29) is 11.4 Å². The minimum Gasteiger partial charge on any atom is -0.355 e. The molecule has 0 bridgehead atoms. The van der Waals surface area contributed by atoms with Gasteiger partial charge in [0.2, 0.25) is 0 Å². The number of halogens is 1. The second-order valence-corrected chi connectivity index (χ2v) is 8.09. The summed E-state index contributed by atoms with van der Waals surface area (Å²) in [6.45, 7) is 2.56. The lowest BCUT2D eigenvalue weighted by Crippen LogP contribution is -2.39. The van der Waals surface area contributed by atoms with E-state index < -0.39 is 5.72 Å². The predicted octanol–water partition coefficient (Wildman–Crippen LogP) is 3.52. The molecule has 0 spiro atoms. The van der Waals surface area contributed by atoms with E-state index in [1.165, 1.54) is 16.8 Å². The molecule has 1 aliphatic rings. The standard InChI is InChI=1S/C23H19FN6O2/c1-23(11-4-12-32-23)30-19-6-3-2-5-18(19)28-14-25-20(21(28)22(30)31)17-13-29(27-26-17)16-9-7-15(24)8-10-16/h2-3,5-10,13-14H,4,11-12H2,1H3. The van der Waals surface area contributed by atoms with Gasteiger partial charge in [0.25, 0.3) is 5.56 Å². The van der Waals surface area contributed by atoms with Gasteiger partial charge in [-0.25, -0.2) is 14.1 Å². The van der Waals surface area contributed by atoms with Crippen LogP contribution in [0.15, 0.2) is 65.8 Å². The fraction of sp³-hybridized carbons (Fsp3) is 0.217. The Morgan fingerprint density at radius 1 is 1.09 bits per heavy atom. The first kappa shape index (κ1) is 18.9. The molecule has 1 atom stereocenters. The van der Waals surface area contributed by atoms with E-state index in [2.05, 4.69) is 15.3 Å². The Labute approximate surface area is 181 Å². The molecule has 2 aromatic carbocycles. The molecule has 160 valence electrons. The number of aromatic nitrogens is 6. The van der Waals surface area contributed by atoms with Gasteiger partial charge in [-0.05, 0) is 56.2 Å². The molecular weight excluding hydrogens is 411 g/mol. The summed E-state index contributed by atoms with van der Waals surface area (Å²) in [4.78, 5) is 18.4. The molecule has 0 aliphatic carbocycles. The van der Waals surface area contributed by atoms with Gasteiger partial charge in [-0.2, -0.15) is 0 Å². The third-order valence-electron chi connectivity index (χ3n) is 6.05. The second kappa shape index (κ2) is 6.83. The number of hydrogen-bond acceptors (Lipinski definition) is 5. The molecular formula is C23H19FN6O2. The zero-order chi connectivity index (χ0) is 21.9. The first-order valence-electron chi connectivity index (χ1n) is 10.4. The van der Waals surface area contributed by atoms with E-state index in [0.29, 0.717) is 29.2 Å². The van der Waals surface area contributed by atoms with E-state index in [4.69, 9.17) is 4.74 Å². The third-order valence-corrected chi connectivity index (χ3v) is 6.05.